The van der Waals surface area contributed by atoms with Crippen molar-refractivity contribution >= 4 is 8.32 Å². The normalized spacial score (nSPS) is 14.7. The van der Waals surface area contributed by atoms with Crippen molar-refractivity contribution in [3.05, 3.63) is 71.8 Å². The number of aryl methyl sites for hydroxylation is 2. The summed E-state index contributed by atoms with van der Waals surface area (Å²) in [6.07, 6.45) is 2.84. The van der Waals surface area contributed by atoms with Gasteiger partial charge in [0.1, 0.15) is 0 Å². The molecule has 0 heterocycles. The van der Waals surface area contributed by atoms with Crippen LogP contribution in [0.5, 0.6) is 0 Å². The quantitative estimate of drug-likeness (QED) is 0.537. The monoisotopic (exact) mass is 384 g/mol. The van der Waals surface area contributed by atoms with Crippen LogP contribution in [-0.4, -0.2) is 25.6 Å². The smallest absolute Gasteiger partial charge is 0.192 e. The molecule has 2 aromatic rings. The standard InChI is InChI=1S/C24H36O2Si/c1-24(2,3)27(4,5)26-23(19-17-21-14-10-7-11-15-21)22(25)18-16-20-12-8-6-9-13-20/h6-15,22-23,25H,16-19H2,1-5H3. The van der Waals surface area contributed by atoms with Crippen molar-refractivity contribution in [1.29, 1.82) is 0 Å². The largest absolute Gasteiger partial charge is 0.411 e. The van der Waals surface area contributed by atoms with Crippen LogP contribution >= 0.6 is 0 Å². The molecule has 0 amide bonds. The van der Waals surface area contributed by atoms with Gasteiger partial charge in [-0.1, -0.05) is 81.4 Å². The van der Waals surface area contributed by atoms with Crippen LogP contribution in [0.15, 0.2) is 60.7 Å². The minimum absolute atomic E-state index is 0.116. The molecular weight excluding hydrogens is 348 g/mol. The molecule has 0 aliphatic heterocycles. The summed E-state index contributed by atoms with van der Waals surface area (Å²) in [4.78, 5) is 0. The first-order valence-corrected chi connectivity index (χ1v) is 13.0. The van der Waals surface area contributed by atoms with E-state index in [4.69, 9.17) is 4.43 Å². The molecule has 3 heteroatoms. The average Bonchev–Trinajstić information content (AvgIpc) is 2.64. The Morgan fingerprint density at radius 2 is 1.26 bits per heavy atom. The van der Waals surface area contributed by atoms with Crippen molar-refractivity contribution < 1.29 is 9.53 Å². The molecule has 0 saturated heterocycles. The number of benzene rings is 2. The highest BCUT2D eigenvalue weighted by Crippen LogP contribution is 2.38. The molecule has 27 heavy (non-hydrogen) atoms. The van der Waals surface area contributed by atoms with Gasteiger partial charge in [0.05, 0.1) is 12.2 Å². The van der Waals surface area contributed by atoms with E-state index < -0.39 is 14.4 Å². The summed E-state index contributed by atoms with van der Waals surface area (Å²) >= 11 is 0. The summed E-state index contributed by atoms with van der Waals surface area (Å²) in [7, 11) is -1.94. The predicted octanol–water partition coefficient (Wildman–Crippen LogP) is 6.00. The van der Waals surface area contributed by atoms with E-state index in [-0.39, 0.29) is 11.1 Å². The molecule has 0 aliphatic carbocycles. The molecule has 1 N–H and O–H groups in total. The maximum atomic E-state index is 11.0. The van der Waals surface area contributed by atoms with E-state index in [0.29, 0.717) is 0 Å². The SMILES string of the molecule is CC(C)(C)[Si](C)(C)OC(CCc1ccccc1)C(O)CCc1ccccc1. The third kappa shape index (κ3) is 6.91. The van der Waals surface area contributed by atoms with Gasteiger partial charge in [-0.05, 0) is 54.9 Å². The molecule has 0 bridgehead atoms. The predicted molar refractivity (Wildman–Crippen MR) is 118 cm³/mol. The fourth-order valence-corrected chi connectivity index (χ4v) is 4.37. The molecular formula is C24H36O2Si. The Kier molecular flexibility index (Phi) is 7.84. The molecule has 0 spiro atoms. The Hall–Kier alpha value is -1.42. The minimum Gasteiger partial charge on any atom is -0.411 e. The van der Waals surface area contributed by atoms with Crippen LogP contribution in [0.2, 0.25) is 18.1 Å². The lowest BCUT2D eigenvalue weighted by atomic mass is 9.99. The lowest BCUT2D eigenvalue weighted by molar-refractivity contribution is 0.0181. The summed E-state index contributed by atoms with van der Waals surface area (Å²) in [5, 5.41) is 11.1. The Bertz CT molecular complexity index is 662. The molecule has 2 unspecified atom stereocenters. The molecule has 0 saturated carbocycles. The summed E-state index contributed by atoms with van der Waals surface area (Å²) in [6.45, 7) is 11.3. The van der Waals surface area contributed by atoms with Gasteiger partial charge in [0, 0.05) is 0 Å². The van der Waals surface area contributed by atoms with E-state index in [1.54, 1.807) is 0 Å². The molecule has 2 nitrogen and oxygen atoms in total. The maximum Gasteiger partial charge on any atom is 0.192 e. The van der Waals surface area contributed by atoms with Crippen LogP contribution in [0, 0.1) is 0 Å². The third-order valence-electron chi connectivity index (χ3n) is 5.81. The molecule has 0 aromatic heterocycles. The number of aliphatic hydroxyl groups is 1. The van der Waals surface area contributed by atoms with Gasteiger partial charge in [-0.25, -0.2) is 0 Å². The van der Waals surface area contributed by atoms with Crippen molar-refractivity contribution in [1.82, 2.24) is 0 Å². The van der Waals surface area contributed by atoms with E-state index in [2.05, 4.69) is 82.4 Å². The van der Waals surface area contributed by atoms with Crippen molar-refractivity contribution in [2.45, 2.75) is 76.8 Å². The van der Waals surface area contributed by atoms with Gasteiger partial charge in [-0.2, -0.15) is 0 Å². The lowest BCUT2D eigenvalue weighted by Crippen LogP contribution is -2.47. The Labute approximate surface area is 166 Å². The van der Waals surface area contributed by atoms with Gasteiger partial charge >= 0.3 is 0 Å². The number of aliphatic hydroxyl groups excluding tert-OH is 1. The first-order chi connectivity index (χ1) is 12.7. The van der Waals surface area contributed by atoms with Gasteiger partial charge in [-0.3, -0.25) is 0 Å². The summed E-state index contributed by atoms with van der Waals surface area (Å²) < 4.78 is 6.66. The zero-order chi connectivity index (χ0) is 19.9. The van der Waals surface area contributed by atoms with Crippen LogP contribution < -0.4 is 0 Å². The maximum absolute atomic E-state index is 11.0. The highest BCUT2D eigenvalue weighted by Gasteiger charge is 2.40. The zero-order valence-corrected chi connectivity index (χ0v) is 18.6. The summed E-state index contributed by atoms with van der Waals surface area (Å²) in [6, 6.07) is 20.9. The number of hydrogen-bond acceptors (Lipinski definition) is 2. The highest BCUT2D eigenvalue weighted by atomic mass is 28.4. The topological polar surface area (TPSA) is 29.5 Å². The fourth-order valence-electron chi connectivity index (χ4n) is 2.98. The van der Waals surface area contributed by atoms with Crippen LogP contribution in [0.3, 0.4) is 0 Å². The molecule has 0 fully saturated rings. The second-order valence-corrected chi connectivity index (χ2v) is 13.8. The molecule has 2 rings (SSSR count). The van der Waals surface area contributed by atoms with Crippen LogP contribution in [0.25, 0.3) is 0 Å². The minimum atomic E-state index is -1.94. The molecule has 2 aromatic carbocycles. The number of rotatable bonds is 9. The van der Waals surface area contributed by atoms with Gasteiger partial charge < -0.3 is 9.53 Å². The van der Waals surface area contributed by atoms with E-state index >= 15 is 0 Å². The van der Waals surface area contributed by atoms with E-state index in [0.717, 1.165) is 25.7 Å². The van der Waals surface area contributed by atoms with Crippen LogP contribution in [0.4, 0.5) is 0 Å². The van der Waals surface area contributed by atoms with Gasteiger partial charge in [-0.15, -0.1) is 0 Å². The van der Waals surface area contributed by atoms with Crippen LogP contribution in [-0.2, 0) is 17.3 Å². The summed E-state index contributed by atoms with van der Waals surface area (Å²) in [5.74, 6) is 0. The molecule has 148 valence electrons. The van der Waals surface area contributed by atoms with Gasteiger partial charge in [0.2, 0.25) is 0 Å². The van der Waals surface area contributed by atoms with E-state index in [9.17, 15) is 5.11 Å². The molecule has 0 aliphatic rings. The Morgan fingerprint density at radius 1 is 0.815 bits per heavy atom. The number of hydrogen-bond donors (Lipinski definition) is 1. The fraction of sp³-hybridized carbons (Fsp3) is 0.500. The van der Waals surface area contributed by atoms with Gasteiger partial charge in [0.25, 0.3) is 0 Å². The molecule has 2 atom stereocenters. The van der Waals surface area contributed by atoms with Crippen molar-refractivity contribution in [2.24, 2.45) is 0 Å². The first kappa shape index (κ1) is 21.9. The second-order valence-electron chi connectivity index (χ2n) is 9.03. The summed E-state index contributed by atoms with van der Waals surface area (Å²) in [5.41, 5.74) is 2.57. The van der Waals surface area contributed by atoms with E-state index in [1.165, 1.54) is 11.1 Å². The lowest BCUT2D eigenvalue weighted by Gasteiger charge is -2.40. The zero-order valence-electron chi connectivity index (χ0n) is 17.6. The second kappa shape index (κ2) is 9.68. The Morgan fingerprint density at radius 3 is 1.70 bits per heavy atom. The van der Waals surface area contributed by atoms with Gasteiger partial charge in [0.15, 0.2) is 8.32 Å². The highest BCUT2D eigenvalue weighted by molar-refractivity contribution is 6.74. The Balaban J connectivity index is 2.05. The first-order valence-electron chi connectivity index (χ1n) is 10.1. The third-order valence-corrected chi connectivity index (χ3v) is 10.3. The van der Waals surface area contributed by atoms with E-state index in [1.807, 2.05) is 12.1 Å². The van der Waals surface area contributed by atoms with Crippen molar-refractivity contribution in [3.8, 4) is 0 Å². The van der Waals surface area contributed by atoms with Crippen molar-refractivity contribution in [3.63, 3.8) is 0 Å². The molecule has 0 radical (unpaired) electrons. The van der Waals surface area contributed by atoms with Crippen molar-refractivity contribution in [2.75, 3.05) is 0 Å². The average molecular weight is 385 g/mol. The van der Waals surface area contributed by atoms with Crippen LogP contribution in [0.1, 0.15) is 44.7 Å².